The van der Waals surface area contributed by atoms with Crippen molar-refractivity contribution in [1.82, 2.24) is 14.7 Å². The van der Waals surface area contributed by atoms with E-state index >= 15 is 0 Å². The van der Waals surface area contributed by atoms with E-state index in [0.717, 1.165) is 11.0 Å². The van der Waals surface area contributed by atoms with Gasteiger partial charge in [0.15, 0.2) is 0 Å². The number of benzene rings is 2. The van der Waals surface area contributed by atoms with Crippen molar-refractivity contribution in [1.29, 1.82) is 0 Å². The molecule has 3 N–H and O–H groups in total. The van der Waals surface area contributed by atoms with Crippen LogP contribution in [0.5, 0.6) is 0 Å². The molecule has 4 rings (SSSR count). The first kappa shape index (κ1) is 17.7. The summed E-state index contributed by atoms with van der Waals surface area (Å²) in [5.41, 5.74) is 2.61. The Morgan fingerprint density at radius 3 is 2.74 bits per heavy atom. The van der Waals surface area contributed by atoms with Gasteiger partial charge < -0.3 is 15.0 Å². The Hall–Kier alpha value is -2.75. The number of rotatable bonds is 5. The molecule has 27 heavy (non-hydrogen) atoms. The summed E-state index contributed by atoms with van der Waals surface area (Å²) in [6, 6.07) is 11.0. The van der Waals surface area contributed by atoms with E-state index in [1.54, 1.807) is 24.5 Å². The fraction of sp³-hybridized carbons (Fsp3) is 0.222. The Morgan fingerprint density at radius 1 is 1.19 bits per heavy atom. The van der Waals surface area contributed by atoms with Crippen LogP contribution >= 0.6 is 0 Å². The summed E-state index contributed by atoms with van der Waals surface area (Å²) in [4.78, 5) is 19.6. The maximum atomic E-state index is 12.4. The Labute approximate surface area is 156 Å². The molecule has 0 spiro atoms. The highest BCUT2D eigenvalue weighted by atomic mass is 32.2. The van der Waals surface area contributed by atoms with Gasteiger partial charge in [-0.2, -0.15) is 0 Å². The molecule has 1 amide bonds. The maximum Gasteiger partial charge on any atom is 0.255 e. The second-order valence-electron chi connectivity index (χ2n) is 6.29. The zero-order valence-corrected chi connectivity index (χ0v) is 15.1. The smallest absolute Gasteiger partial charge is 0.255 e. The number of hydrogen-bond donors (Lipinski definition) is 3. The Morgan fingerprint density at radius 2 is 2.00 bits per heavy atom. The number of anilines is 1. The van der Waals surface area contributed by atoms with E-state index < -0.39 is 10.0 Å². The Bertz CT molecular complexity index is 1070. The fourth-order valence-corrected chi connectivity index (χ4v) is 4.17. The third-order valence-electron chi connectivity index (χ3n) is 4.36. The number of amides is 1. The topological polar surface area (TPSA) is 113 Å². The summed E-state index contributed by atoms with van der Waals surface area (Å²) in [5, 5.41) is 2.79. The van der Waals surface area contributed by atoms with Crippen LogP contribution in [-0.2, 0) is 14.8 Å². The van der Waals surface area contributed by atoms with E-state index in [1.165, 1.54) is 24.3 Å². The van der Waals surface area contributed by atoms with E-state index in [1.807, 2.05) is 0 Å². The second-order valence-corrected chi connectivity index (χ2v) is 8.01. The molecule has 2 aromatic carbocycles. The first-order valence-electron chi connectivity index (χ1n) is 8.46. The number of H-pyrrole nitrogens is 1. The van der Waals surface area contributed by atoms with Crippen LogP contribution in [0.3, 0.4) is 0 Å². The third kappa shape index (κ3) is 3.85. The first-order chi connectivity index (χ1) is 13.0. The average molecular weight is 386 g/mol. The number of nitrogens with one attached hydrogen (secondary N) is 3. The largest absolute Gasteiger partial charge is 0.380 e. The van der Waals surface area contributed by atoms with Gasteiger partial charge in [-0.25, -0.2) is 18.1 Å². The molecule has 140 valence electrons. The summed E-state index contributed by atoms with van der Waals surface area (Å²) in [6.07, 6.45) is 2.24. The summed E-state index contributed by atoms with van der Waals surface area (Å²) in [6.45, 7) is 0.928. The lowest BCUT2D eigenvalue weighted by Gasteiger charge is -2.12. The number of imidazole rings is 1. The number of carbonyl (C=O) groups is 1. The van der Waals surface area contributed by atoms with Crippen LogP contribution in [0.25, 0.3) is 11.0 Å². The van der Waals surface area contributed by atoms with E-state index in [-0.39, 0.29) is 16.8 Å². The van der Waals surface area contributed by atoms with Crippen LogP contribution in [-0.4, -0.2) is 43.5 Å². The molecule has 8 nitrogen and oxygen atoms in total. The van der Waals surface area contributed by atoms with Gasteiger partial charge in [-0.1, -0.05) is 0 Å². The lowest BCUT2D eigenvalue weighted by atomic mass is 10.2. The molecule has 1 atom stereocenters. The second kappa shape index (κ2) is 7.10. The standard InChI is InChI=1S/C18H18N4O4S/c23-18(21-13-3-6-16-17(9-13)20-11-19-16)12-1-4-15(5-2-12)27(24,25)22-14-7-8-26-10-14/h1-6,9,11,14,22H,7-8,10H2,(H,19,20)(H,21,23)/t14-/m1/s1. The summed E-state index contributed by atoms with van der Waals surface area (Å²) < 4.78 is 32.6. The minimum absolute atomic E-state index is 0.116. The van der Waals surface area contributed by atoms with E-state index in [4.69, 9.17) is 4.74 Å². The number of nitrogens with zero attached hydrogens (tertiary/aromatic N) is 1. The van der Waals surface area contributed by atoms with Gasteiger partial charge in [0.2, 0.25) is 10.0 Å². The monoisotopic (exact) mass is 386 g/mol. The zero-order chi connectivity index (χ0) is 18.9. The molecule has 0 unspecified atom stereocenters. The van der Waals surface area contributed by atoms with Crippen LogP contribution < -0.4 is 10.0 Å². The van der Waals surface area contributed by atoms with Crippen molar-refractivity contribution in [2.24, 2.45) is 0 Å². The first-order valence-corrected chi connectivity index (χ1v) is 9.94. The van der Waals surface area contributed by atoms with Gasteiger partial charge >= 0.3 is 0 Å². The lowest BCUT2D eigenvalue weighted by Crippen LogP contribution is -2.35. The van der Waals surface area contributed by atoms with Crippen LogP contribution in [0.1, 0.15) is 16.8 Å². The van der Waals surface area contributed by atoms with E-state index in [0.29, 0.717) is 30.9 Å². The number of ether oxygens (including phenoxy) is 1. The molecule has 1 saturated heterocycles. The summed E-state index contributed by atoms with van der Waals surface area (Å²) in [7, 11) is -3.64. The van der Waals surface area contributed by atoms with Gasteiger partial charge in [0.1, 0.15) is 0 Å². The van der Waals surface area contributed by atoms with Gasteiger partial charge in [-0.05, 0) is 48.9 Å². The molecule has 9 heteroatoms. The van der Waals surface area contributed by atoms with Crippen molar-refractivity contribution in [2.45, 2.75) is 17.4 Å². The molecule has 1 aliphatic heterocycles. The number of sulfonamides is 1. The van der Waals surface area contributed by atoms with Crippen molar-refractivity contribution in [3.8, 4) is 0 Å². The minimum Gasteiger partial charge on any atom is -0.380 e. The minimum atomic E-state index is -3.64. The molecule has 1 aliphatic rings. The summed E-state index contributed by atoms with van der Waals surface area (Å²) in [5.74, 6) is -0.324. The van der Waals surface area contributed by atoms with Crippen molar-refractivity contribution >= 4 is 32.7 Å². The van der Waals surface area contributed by atoms with Crippen molar-refractivity contribution in [3.05, 3.63) is 54.4 Å². The maximum absolute atomic E-state index is 12.4. The van der Waals surface area contributed by atoms with Gasteiger partial charge in [-0.3, -0.25) is 4.79 Å². The number of carbonyl (C=O) groups excluding carboxylic acids is 1. The molecule has 1 fully saturated rings. The van der Waals surface area contributed by atoms with Gasteiger partial charge in [0.05, 0.1) is 28.9 Å². The molecule has 0 aliphatic carbocycles. The lowest BCUT2D eigenvalue weighted by molar-refractivity contribution is 0.102. The molecule has 0 radical (unpaired) electrons. The Balaban J connectivity index is 1.46. The number of fused-ring (bicyclic) bond motifs is 1. The highest BCUT2D eigenvalue weighted by Gasteiger charge is 2.23. The van der Waals surface area contributed by atoms with E-state index in [9.17, 15) is 13.2 Å². The molecule has 0 saturated carbocycles. The quantitative estimate of drug-likeness (QED) is 0.620. The predicted molar refractivity (Wildman–Crippen MR) is 100 cm³/mol. The van der Waals surface area contributed by atoms with E-state index in [2.05, 4.69) is 20.0 Å². The van der Waals surface area contributed by atoms with Crippen LogP contribution in [0, 0.1) is 0 Å². The fourth-order valence-electron chi connectivity index (χ4n) is 2.92. The van der Waals surface area contributed by atoms with Gasteiger partial charge in [-0.15, -0.1) is 0 Å². The molecule has 1 aromatic heterocycles. The SMILES string of the molecule is O=C(Nc1ccc2nc[nH]c2c1)c1ccc(S(=O)(=O)N[C@@H]2CCOC2)cc1. The highest BCUT2D eigenvalue weighted by molar-refractivity contribution is 7.89. The molecular formula is C18H18N4O4S. The predicted octanol–water partition coefficient (Wildman–Crippen LogP) is 1.88. The van der Waals surface area contributed by atoms with Crippen molar-refractivity contribution in [3.63, 3.8) is 0 Å². The highest BCUT2D eigenvalue weighted by Crippen LogP contribution is 2.18. The zero-order valence-electron chi connectivity index (χ0n) is 14.3. The van der Waals surface area contributed by atoms with Gasteiger partial charge in [0, 0.05) is 23.9 Å². The number of aromatic amines is 1. The molecular weight excluding hydrogens is 368 g/mol. The third-order valence-corrected chi connectivity index (χ3v) is 5.89. The summed E-state index contributed by atoms with van der Waals surface area (Å²) >= 11 is 0. The van der Waals surface area contributed by atoms with Gasteiger partial charge in [0.25, 0.3) is 5.91 Å². The average Bonchev–Trinajstić information content (AvgIpc) is 3.32. The van der Waals surface area contributed by atoms with Crippen molar-refractivity contribution < 1.29 is 17.9 Å². The van der Waals surface area contributed by atoms with Crippen LogP contribution in [0.4, 0.5) is 5.69 Å². The molecule has 2 heterocycles. The molecule has 3 aromatic rings. The normalized spacial score (nSPS) is 17.3. The van der Waals surface area contributed by atoms with Crippen LogP contribution in [0.15, 0.2) is 53.7 Å². The number of hydrogen-bond acceptors (Lipinski definition) is 5. The van der Waals surface area contributed by atoms with Crippen molar-refractivity contribution in [2.75, 3.05) is 18.5 Å². The molecule has 0 bridgehead atoms. The Kier molecular flexibility index (Phi) is 4.65. The van der Waals surface area contributed by atoms with Crippen LogP contribution in [0.2, 0.25) is 0 Å². The number of aromatic nitrogens is 2.